The number of aliphatic hydroxyl groups excluding tert-OH is 1. The molecule has 0 bridgehead atoms. The van der Waals surface area contributed by atoms with Crippen molar-refractivity contribution in [1.82, 2.24) is 4.90 Å². The Morgan fingerprint density at radius 2 is 2.25 bits per heavy atom. The van der Waals surface area contributed by atoms with Crippen molar-refractivity contribution in [3.8, 4) is 5.75 Å². The first-order chi connectivity index (χ1) is 11.5. The molecule has 1 aromatic carbocycles. The Morgan fingerprint density at radius 3 is 3.00 bits per heavy atom. The largest absolute Gasteiger partial charge is 0.488 e. The predicted molar refractivity (Wildman–Crippen MR) is 86.9 cm³/mol. The van der Waals surface area contributed by atoms with Gasteiger partial charge in [0.05, 0.1) is 13.7 Å². The maximum absolute atomic E-state index is 11.5. The predicted octanol–water partition coefficient (Wildman–Crippen LogP) is 0.558. The van der Waals surface area contributed by atoms with E-state index in [1.165, 1.54) is 7.11 Å². The van der Waals surface area contributed by atoms with Crippen LogP contribution in [0.1, 0.15) is 18.4 Å². The van der Waals surface area contributed by atoms with Crippen molar-refractivity contribution in [2.45, 2.75) is 31.5 Å². The fourth-order valence-corrected chi connectivity index (χ4v) is 3.10. The molecule has 0 radical (unpaired) electrons. The number of aliphatic hydroxyl groups is 1. The number of amides is 1. The summed E-state index contributed by atoms with van der Waals surface area (Å²) in [6.07, 6.45) is 0.826. The number of methoxy groups -OCH3 is 1. The van der Waals surface area contributed by atoms with Crippen molar-refractivity contribution in [3.05, 3.63) is 23.8 Å². The highest BCUT2D eigenvalue weighted by molar-refractivity contribution is 5.94. The van der Waals surface area contributed by atoms with E-state index in [2.05, 4.69) is 10.1 Å². The summed E-state index contributed by atoms with van der Waals surface area (Å²) in [6, 6.07) is 5.62. The van der Waals surface area contributed by atoms with Crippen molar-refractivity contribution >= 4 is 17.6 Å². The summed E-state index contributed by atoms with van der Waals surface area (Å²) >= 11 is 0. The third kappa shape index (κ3) is 3.85. The number of ether oxygens (including phenoxy) is 2. The Hall–Kier alpha value is -2.12. The standard InChI is InChI=1S/C17H22N2O5/c1-23-17(22)10-19-7-6-15(14(20)9-19)24-12-4-2-11-3-5-16(21)18-13(11)8-12/h2,4,8,14-15,20H,3,5-7,9-10H2,1H3,(H,18,21)/t14-,15-/m1/s1. The van der Waals surface area contributed by atoms with Gasteiger partial charge in [0.25, 0.3) is 0 Å². The smallest absolute Gasteiger partial charge is 0.319 e. The summed E-state index contributed by atoms with van der Waals surface area (Å²) in [5, 5.41) is 13.1. The normalized spacial score (nSPS) is 24.0. The summed E-state index contributed by atoms with van der Waals surface area (Å²) in [5.41, 5.74) is 1.87. The second-order valence-corrected chi connectivity index (χ2v) is 6.19. The number of hydrogen-bond acceptors (Lipinski definition) is 6. The lowest BCUT2D eigenvalue weighted by Gasteiger charge is -2.35. The Morgan fingerprint density at radius 1 is 1.42 bits per heavy atom. The number of carbonyl (C=O) groups excluding carboxylic acids is 2. The maximum atomic E-state index is 11.5. The summed E-state index contributed by atoms with van der Waals surface area (Å²) in [6.45, 7) is 1.19. The number of fused-ring (bicyclic) bond motifs is 1. The van der Waals surface area contributed by atoms with E-state index >= 15 is 0 Å². The second kappa shape index (κ2) is 7.19. The molecule has 2 N–H and O–H groups in total. The number of benzene rings is 1. The SMILES string of the molecule is COC(=O)CN1CC[C@@H](Oc2ccc3c(c2)NC(=O)CC3)[C@H](O)C1. The van der Waals surface area contributed by atoms with Gasteiger partial charge in [0, 0.05) is 31.3 Å². The van der Waals surface area contributed by atoms with E-state index in [1.807, 2.05) is 17.0 Å². The number of nitrogens with zero attached hydrogens (tertiary/aromatic N) is 1. The molecule has 7 heteroatoms. The molecule has 1 aromatic rings. The van der Waals surface area contributed by atoms with Crippen molar-refractivity contribution in [3.63, 3.8) is 0 Å². The van der Waals surface area contributed by atoms with Gasteiger partial charge in [0.15, 0.2) is 0 Å². The Balaban J connectivity index is 1.60. The zero-order valence-electron chi connectivity index (χ0n) is 13.7. The van der Waals surface area contributed by atoms with Gasteiger partial charge in [-0.15, -0.1) is 0 Å². The minimum atomic E-state index is -0.686. The van der Waals surface area contributed by atoms with Crippen LogP contribution in [0.5, 0.6) is 5.75 Å². The molecular weight excluding hydrogens is 312 g/mol. The summed E-state index contributed by atoms with van der Waals surface area (Å²) in [5.74, 6) is 0.323. The van der Waals surface area contributed by atoms with E-state index in [0.29, 0.717) is 31.7 Å². The molecule has 2 aliphatic rings. The van der Waals surface area contributed by atoms with Gasteiger partial charge in [0.2, 0.25) is 5.91 Å². The number of rotatable bonds is 4. The first-order valence-corrected chi connectivity index (χ1v) is 8.12. The Labute approximate surface area is 140 Å². The van der Waals surface area contributed by atoms with Crippen LogP contribution in [0, 0.1) is 0 Å². The zero-order valence-corrected chi connectivity index (χ0v) is 13.7. The van der Waals surface area contributed by atoms with Crippen molar-refractivity contribution < 1.29 is 24.2 Å². The average molecular weight is 334 g/mol. The van der Waals surface area contributed by atoms with Crippen molar-refractivity contribution in [1.29, 1.82) is 0 Å². The molecule has 7 nitrogen and oxygen atoms in total. The minimum absolute atomic E-state index is 0.0100. The van der Waals surface area contributed by atoms with Crippen molar-refractivity contribution in [2.24, 2.45) is 0 Å². The van der Waals surface area contributed by atoms with Gasteiger partial charge in [-0.1, -0.05) is 6.07 Å². The number of β-amino-alcohol motifs (C(OH)–C–C–N with tert-alkyl or cyclic N) is 1. The molecular formula is C17H22N2O5. The topological polar surface area (TPSA) is 88.1 Å². The molecule has 0 unspecified atom stereocenters. The first kappa shape index (κ1) is 16.7. The highest BCUT2D eigenvalue weighted by Crippen LogP contribution is 2.28. The van der Waals surface area contributed by atoms with Crippen LogP contribution in [-0.4, -0.2) is 60.8 Å². The molecule has 130 valence electrons. The fraction of sp³-hybridized carbons (Fsp3) is 0.529. The molecule has 2 heterocycles. The number of anilines is 1. The van der Waals surface area contributed by atoms with Crippen LogP contribution in [-0.2, 0) is 20.7 Å². The lowest BCUT2D eigenvalue weighted by Crippen LogP contribution is -2.50. The number of hydrogen-bond donors (Lipinski definition) is 2. The summed E-state index contributed by atoms with van der Waals surface area (Å²) in [7, 11) is 1.35. The third-order valence-corrected chi connectivity index (χ3v) is 4.45. The molecule has 1 amide bonds. The van der Waals surface area contributed by atoms with E-state index in [-0.39, 0.29) is 24.5 Å². The first-order valence-electron chi connectivity index (χ1n) is 8.12. The van der Waals surface area contributed by atoms with Gasteiger partial charge < -0.3 is 19.9 Å². The molecule has 2 atom stereocenters. The third-order valence-electron chi connectivity index (χ3n) is 4.45. The van der Waals surface area contributed by atoms with E-state index in [9.17, 15) is 14.7 Å². The van der Waals surface area contributed by atoms with Crippen LogP contribution in [0.15, 0.2) is 18.2 Å². The average Bonchev–Trinajstić information content (AvgIpc) is 2.57. The highest BCUT2D eigenvalue weighted by Gasteiger charge is 2.30. The van der Waals surface area contributed by atoms with E-state index < -0.39 is 6.10 Å². The summed E-state index contributed by atoms with van der Waals surface area (Å²) in [4.78, 5) is 24.7. The Kier molecular flexibility index (Phi) is 5.01. The van der Waals surface area contributed by atoms with E-state index in [4.69, 9.17) is 4.74 Å². The number of aryl methyl sites for hydroxylation is 1. The Bertz CT molecular complexity index is 633. The van der Waals surface area contributed by atoms with Crippen LogP contribution in [0.2, 0.25) is 0 Å². The molecule has 0 aliphatic carbocycles. The number of nitrogens with one attached hydrogen (secondary N) is 1. The lowest BCUT2D eigenvalue weighted by atomic mass is 10.0. The van der Waals surface area contributed by atoms with Gasteiger partial charge in [-0.05, 0) is 24.5 Å². The second-order valence-electron chi connectivity index (χ2n) is 6.19. The lowest BCUT2D eigenvalue weighted by molar-refractivity contribution is -0.143. The van der Waals surface area contributed by atoms with Crippen LogP contribution in [0.3, 0.4) is 0 Å². The van der Waals surface area contributed by atoms with Crippen LogP contribution in [0.25, 0.3) is 0 Å². The van der Waals surface area contributed by atoms with Gasteiger partial charge in [-0.2, -0.15) is 0 Å². The number of piperidine rings is 1. The molecule has 0 aromatic heterocycles. The van der Waals surface area contributed by atoms with E-state index in [0.717, 1.165) is 17.7 Å². The van der Waals surface area contributed by atoms with E-state index in [1.54, 1.807) is 6.07 Å². The maximum Gasteiger partial charge on any atom is 0.319 e. The quantitative estimate of drug-likeness (QED) is 0.782. The number of carbonyl (C=O) groups is 2. The van der Waals surface area contributed by atoms with Crippen LogP contribution >= 0.6 is 0 Å². The molecule has 1 fully saturated rings. The summed E-state index contributed by atoms with van der Waals surface area (Å²) < 4.78 is 10.5. The van der Waals surface area contributed by atoms with Gasteiger partial charge in [0.1, 0.15) is 18.0 Å². The van der Waals surface area contributed by atoms with Crippen molar-refractivity contribution in [2.75, 3.05) is 32.1 Å². The fourth-order valence-electron chi connectivity index (χ4n) is 3.10. The van der Waals surface area contributed by atoms with Gasteiger partial charge in [-0.3, -0.25) is 14.5 Å². The van der Waals surface area contributed by atoms with Crippen LogP contribution < -0.4 is 10.1 Å². The molecule has 1 saturated heterocycles. The molecule has 0 spiro atoms. The zero-order chi connectivity index (χ0) is 17.1. The number of esters is 1. The monoisotopic (exact) mass is 334 g/mol. The molecule has 2 aliphatic heterocycles. The van der Waals surface area contributed by atoms with Crippen LogP contribution in [0.4, 0.5) is 5.69 Å². The number of likely N-dealkylation sites (tertiary alicyclic amines) is 1. The minimum Gasteiger partial charge on any atom is -0.488 e. The molecule has 24 heavy (non-hydrogen) atoms. The van der Waals surface area contributed by atoms with Gasteiger partial charge in [-0.25, -0.2) is 0 Å². The molecule has 0 saturated carbocycles. The highest BCUT2D eigenvalue weighted by atomic mass is 16.5. The molecule has 3 rings (SSSR count). The van der Waals surface area contributed by atoms with Gasteiger partial charge >= 0.3 is 5.97 Å².